The van der Waals surface area contributed by atoms with E-state index in [0.29, 0.717) is 25.3 Å². The van der Waals surface area contributed by atoms with Gasteiger partial charge in [0.2, 0.25) is 5.91 Å². The second-order valence-electron chi connectivity index (χ2n) is 10.3. The first-order valence-corrected chi connectivity index (χ1v) is 13.1. The molecule has 4 atom stereocenters. The lowest BCUT2D eigenvalue weighted by molar-refractivity contribution is -0.132. The van der Waals surface area contributed by atoms with Gasteiger partial charge in [0, 0.05) is 48.1 Å². The minimum atomic E-state index is -1.26. The minimum Gasteiger partial charge on any atom is -0.497 e. The van der Waals surface area contributed by atoms with Crippen molar-refractivity contribution in [2.75, 3.05) is 13.7 Å². The molecular weight excluding hydrogens is 460 g/mol. The number of benzene rings is 1. The highest BCUT2D eigenvalue weighted by Crippen LogP contribution is 2.42. The maximum absolute atomic E-state index is 13.0. The number of hydrogen-bond acceptors (Lipinski definition) is 7. The number of carbonyl (C=O) groups is 2. The van der Waals surface area contributed by atoms with Crippen molar-refractivity contribution in [3.8, 4) is 11.5 Å². The van der Waals surface area contributed by atoms with E-state index in [4.69, 9.17) is 14.5 Å². The maximum atomic E-state index is 13.0. The van der Waals surface area contributed by atoms with Crippen LogP contribution in [0.1, 0.15) is 63.5 Å². The number of aliphatic hydroxyl groups is 1. The Morgan fingerprint density at radius 1 is 1.22 bits per heavy atom. The first kappa shape index (κ1) is 24.8. The van der Waals surface area contributed by atoms with Crippen LogP contribution in [-0.4, -0.2) is 65.9 Å². The third kappa shape index (κ3) is 5.73. The molecule has 2 aromatic rings. The molecule has 0 bridgehead atoms. The second kappa shape index (κ2) is 10.6. The van der Waals surface area contributed by atoms with Crippen LogP contribution < -0.4 is 25.4 Å². The number of aromatic nitrogens is 1. The van der Waals surface area contributed by atoms with Gasteiger partial charge >= 0.3 is 0 Å². The van der Waals surface area contributed by atoms with Gasteiger partial charge in [-0.3, -0.25) is 14.6 Å². The topological polar surface area (TPSA) is 122 Å². The Morgan fingerprint density at radius 3 is 2.72 bits per heavy atom. The minimum absolute atomic E-state index is 0.158. The summed E-state index contributed by atoms with van der Waals surface area (Å²) >= 11 is 0. The van der Waals surface area contributed by atoms with Crippen molar-refractivity contribution < 1.29 is 24.2 Å². The Bertz CT molecular complexity index is 1120. The fourth-order valence-corrected chi connectivity index (χ4v) is 4.78. The van der Waals surface area contributed by atoms with Crippen molar-refractivity contribution >= 4 is 22.7 Å². The average molecular weight is 497 g/mol. The van der Waals surface area contributed by atoms with E-state index in [0.717, 1.165) is 60.2 Å². The Hall–Kier alpha value is -2.91. The molecule has 9 heteroatoms. The summed E-state index contributed by atoms with van der Waals surface area (Å²) in [5.41, 5.74) is 1.88. The molecule has 5 rings (SSSR count). The predicted molar refractivity (Wildman–Crippen MR) is 135 cm³/mol. The molecule has 0 spiro atoms. The van der Waals surface area contributed by atoms with Crippen LogP contribution in [0.4, 0.5) is 0 Å². The molecule has 1 aromatic carbocycles. The van der Waals surface area contributed by atoms with Crippen LogP contribution in [0.3, 0.4) is 0 Å². The summed E-state index contributed by atoms with van der Waals surface area (Å²) in [6.07, 6.45) is 4.47. The number of carbonyl (C=O) groups excluding carboxylic acids is 2. The van der Waals surface area contributed by atoms with Gasteiger partial charge in [-0.25, -0.2) is 0 Å². The van der Waals surface area contributed by atoms with Gasteiger partial charge in [-0.15, -0.1) is 0 Å². The Labute approximate surface area is 211 Å². The van der Waals surface area contributed by atoms with Gasteiger partial charge in [0.05, 0.1) is 24.7 Å². The van der Waals surface area contributed by atoms with Crippen LogP contribution in [-0.2, 0) is 9.59 Å². The highest BCUT2D eigenvalue weighted by atomic mass is 16.5. The molecule has 1 saturated heterocycles. The molecule has 4 N–H and O–H groups in total. The number of aliphatic hydroxyl groups excluding tert-OH is 1. The smallest absolute Gasteiger partial charge is 0.251 e. The standard InChI is InChI=1S/C27H36N4O5/c1-3-4-20(25(32)27(34)29-16-7-8-16)31-26(33)23-12-18(14-28-23)36-24-13-21(15-5-6-15)30-22-11-17(35-2)9-10-19(22)24/h9-11,13,15-16,18,20,23,25,28,32H,3-8,12,14H2,1-2H3,(H,29,34)(H,31,33)/t18?,20-,23-,25?/m0/s1. The maximum Gasteiger partial charge on any atom is 0.251 e. The van der Waals surface area contributed by atoms with Crippen molar-refractivity contribution in [2.24, 2.45) is 0 Å². The first-order valence-electron chi connectivity index (χ1n) is 13.1. The normalized spacial score (nSPS) is 23.2. The first-order chi connectivity index (χ1) is 17.4. The van der Waals surface area contributed by atoms with Crippen LogP contribution in [0.25, 0.3) is 10.9 Å². The molecule has 3 aliphatic rings. The molecule has 2 unspecified atom stereocenters. The molecule has 194 valence electrons. The summed E-state index contributed by atoms with van der Waals surface area (Å²) in [6.45, 7) is 2.49. The molecule has 2 saturated carbocycles. The SMILES string of the molecule is CCC[C@H](NC(=O)[C@@H]1CC(Oc2cc(C3CC3)nc3cc(OC)ccc23)CN1)C(O)C(=O)NC1CC1. The van der Waals surface area contributed by atoms with E-state index in [9.17, 15) is 14.7 Å². The zero-order valence-corrected chi connectivity index (χ0v) is 21.0. The molecular formula is C27H36N4O5. The summed E-state index contributed by atoms with van der Waals surface area (Å²) in [5.74, 6) is 1.36. The van der Waals surface area contributed by atoms with Crippen molar-refractivity contribution in [1.82, 2.24) is 20.9 Å². The number of nitrogens with one attached hydrogen (secondary N) is 3. The van der Waals surface area contributed by atoms with E-state index in [1.165, 1.54) is 0 Å². The summed E-state index contributed by atoms with van der Waals surface area (Å²) in [5, 5.41) is 20.4. The molecule has 1 aromatic heterocycles. The fourth-order valence-electron chi connectivity index (χ4n) is 4.78. The number of ether oxygens (including phenoxy) is 2. The van der Waals surface area contributed by atoms with Crippen LogP contribution in [0.15, 0.2) is 24.3 Å². The van der Waals surface area contributed by atoms with Gasteiger partial charge in [0.25, 0.3) is 5.91 Å². The number of fused-ring (bicyclic) bond motifs is 1. The van der Waals surface area contributed by atoms with Crippen molar-refractivity contribution in [3.05, 3.63) is 30.0 Å². The van der Waals surface area contributed by atoms with Gasteiger partial charge in [-0.1, -0.05) is 13.3 Å². The molecule has 2 heterocycles. The predicted octanol–water partition coefficient (Wildman–Crippen LogP) is 2.15. The molecule has 2 amide bonds. The van der Waals surface area contributed by atoms with Gasteiger partial charge in [-0.2, -0.15) is 0 Å². The number of rotatable bonds is 11. The average Bonchev–Trinajstić information content (AvgIpc) is 3.82. The number of pyridine rings is 1. The van der Waals surface area contributed by atoms with Crippen LogP contribution in [0.5, 0.6) is 11.5 Å². The largest absolute Gasteiger partial charge is 0.497 e. The third-order valence-corrected chi connectivity index (χ3v) is 7.20. The zero-order chi connectivity index (χ0) is 25.2. The number of amides is 2. The van der Waals surface area contributed by atoms with E-state index in [1.54, 1.807) is 7.11 Å². The van der Waals surface area contributed by atoms with Crippen LogP contribution in [0, 0.1) is 0 Å². The van der Waals surface area contributed by atoms with Gasteiger partial charge in [0.15, 0.2) is 6.10 Å². The van der Waals surface area contributed by atoms with Gasteiger partial charge in [-0.05, 0) is 44.2 Å². The van der Waals surface area contributed by atoms with E-state index >= 15 is 0 Å². The lowest BCUT2D eigenvalue weighted by atomic mass is 10.0. The Balaban J connectivity index is 1.23. The lowest BCUT2D eigenvalue weighted by Crippen LogP contribution is -2.54. The fraction of sp³-hybridized carbons (Fsp3) is 0.593. The quantitative estimate of drug-likeness (QED) is 0.376. The molecule has 1 aliphatic heterocycles. The Kier molecular flexibility index (Phi) is 7.29. The number of methoxy groups -OCH3 is 1. The van der Waals surface area contributed by atoms with E-state index in [2.05, 4.69) is 16.0 Å². The van der Waals surface area contributed by atoms with E-state index in [-0.39, 0.29) is 18.1 Å². The molecule has 36 heavy (non-hydrogen) atoms. The van der Waals surface area contributed by atoms with E-state index < -0.39 is 24.1 Å². The lowest BCUT2D eigenvalue weighted by Gasteiger charge is -2.24. The summed E-state index contributed by atoms with van der Waals surface area (Å²) < 4.78 is 11.8. The highest BCUT2D eigenvalue weighted by Gasteiger charge is 2.36. The second-order valence-corrected chi connectivity index (χ2v) is 10.3. The zero-order valence-electron chi connectivity index (χ0n) is 21.0. The van der Waals surface area contributed by atoms with Crippen LogP contribution >= 0.6 is 0 Å². The molecule has 0 radical (unpaired) electrons. The number of hydrogen-bond donors (Lipinski definition) is 4. The third-order valence-electron chi connectivity index (χ3n) is 7.20. The highest BCUT2D eigenvalue weighted by molar-refractivity contribution is 5.87. The molecule has 2 aliphatic carbocycles. The van der Waals surface area contributed by atoms with Crippen molar-refractivity contribution in [1.29, 1.82) is 0 Å². The molecule has 9 nitrogen and oxygen atoms in total. The molecule has 3 fully saturated rings. The van der Waals surface area contributed by atoms with Crippen molar-refractivity contribution in [2.45, 2.75) is 88.1 Å². The summed E-state index contributed by atoms with van der Waals surface area (Å²) in [6, 6.07) is 6.90. The summed E-state index contributed by atoms with van der Waals surface area (Å²) in [4.78, 5) is 30.2. The van der Waals surface area contributed by atoms with Gasteiger partial charge < -0.3 is 30.5 Å². The monoisotopic (exact) mass is 496 g/mol. The Morgan fingerprint density at radius 2 is 2.03 bits per heavy atom. The van der Waals surface area contributed by atoms with Crippen molar-refractivity contribution in [3.63, 3.8) is 0 Å². The summed E-state index contributed by atoms with van der Waals surface area (Å²) in [7, 11) is 1.64. The van der Waals surface area contributed by atoms with Gasteiger partial charge in [0.1, 0.15) is 17.6 Å². The number of nitrogens with zero attached hydrogens (tertiary/aromatic N) is 1. The van der Waals surface area contributed by atoms with E-state index in [1.807, 2.05) is 31.2 Å². The van der Waals surface area contributed by atoms with Crippen LogP contribution in [0.2, 0.25) is 0 Å².